The summed E-state index contributed by atoms with van der Waals surface area (Å²) in [5, 5.41) is 3.89. The number of carbonyl (C=O) groups excluding carboxylic acids is 2. The quantitative estimate of drug-likeness (QED) is 0.362. The third-order valence-corrected chi connectivity index (χ3v) is 6.80. The van der Waals surface area contributed by atoms with Crippen LogP contribution >= 0.6 is 0 Å². The van der Waals surface area contributed by atoms with Crippen molar-refractivity contribution in [3.63, 3.8) is 0 Å². The van der Waals surface area contributed by atoms with Gasteiger partial charge in [0.2, 0.25) is 5.91 Å². The Morgan fingerprint density at radius 3 is 2.51 bits per heavy atom. The van der Waals surface area contributed by atoms with E-state index in [-0.39, 0.29) is 5.91 Å². The highest BCUT2D eigenvalue weighted by molar-refractivity contribution is 5.87. The molecule has 198 valence electrons. The van der Waals surface area contributed by atoms with E-state index in [2.05, 4.69) is 15.0 Å². The third-order valence-electron chi connectivity index (χ3n) is 6.80. The number of hydrogen-bond acceptors (Lipinski definition) is 4. The van der Waals surface area contributed by atoms with Gasteiger partial charge in [-0.3, -0.25) is 9.59 Å². The molecule has 1 aromatic heterocycles. The molecule has 1 saturated carbocycles. The van der Waals surface area contributed by atoms with Crippen LogP contribution in [-0.4, -0.2) is 36.2 Å². The number of halogens is 3. The summed E-state index contributed by atoms with van der Waals surface area (Å²) >= 11 is 0. The van der Waals surface area contributed by atoms with Crippen LogP contribution in [0.25, 0.3) is 10.9 Å². The molecule has 0 spiro atoms. The average molecular weight is 517 g/mol. The first-order valence-electron chi connectivity index (χ1n) is 12.5. The molecule has 1 aliphatic rings. The van der Waals surface area contributed by atoms with Crippen LogP contribution in [0.15, 0.2) is 48.5 Å². The van der Waals surface area contributed by atoms with Crippen molar-refractivity contribution in [2.24, 2.45) is 11.8 Å². The summed E-state index contributed by atoms with van der Waals surface area (Å²) in [6.07, 6.45) is -1.82. The normalized spacial score (nSPS) is 17.9. The standard InChI is InChI=1S/C28H31F3N2O4/c1-18-21(24-15-20(11-12-25(24)33-18)36-16-19-7-3-2-4-8-19)13-14-32-26(34)22-9-5-6-10-23(22)27(35)37-17-28(29,30)31/h2-4,7-8,11-12,15,22-23,33H,5-6,9-10,13-14,16-17H2,1H3,(H,32,34)/t22-,23+/m1/s1. The van der Waals surface area contributed by atoms with Gasteiger partial charge in [-0.05, 0) is 55.5 Å². The Morgan fingerprint density at radius 2 is 1.78 bits per heavy atom. The molecular formula is C28H31F3N2O4. The van der Waals surface area contributed by atoms with E-state index in [1.54, 1.807) is 0 Å². The van der Waals surface area contributed by atoms with Crippen molar-refractivity contribution in [1.29, 1.82) is 0 Å². The molecule has 0 saturated heterocycles. The van der Waals surface area contributed by atoms with E-state index in [1.807, 2.05) is 55.5 Å². The van der Waals surface area contributed by atoms with E-state index in [1.165, 1.54) is 0 Å². The maximum Gasteiger partial charge on any atom is 0.422 e. The summed E-state index contributed by atoms with van der Waals surface area (Å²) < 4.78 is 47.8. The number of aromatic amines is 1. The molecule has 37 heavy (non-hydrogen) atoms. The number of aromatic nitrogens is 1. The monoisotopic (exact) mass is 516 g/mol. The molecule has 9 heteroatoms. The molecule has 1 amide bonds. The fourth-order valence-corrected chi connectivity index (χ4v) is 4.94. The summed E-state index contributed by atoms with van der Waals surface area (Å²) in [5.41, 5.74) is 4.06. The molecule has 2 aromatic carbocycles. The molecule has 1 aliphatic carbocycles. The second-order valence-corrected chi connectivity index (χ2v) is 9.47. The number of amides is 1. The zero-order valence-electron chi connectivity index (χ0n) is 20.7. The lowest BCUT2D eigenvalue weighted by molar-refractivity contribution is -0.191. The summed E-state index contributed by atoms with van der Waals surface area (Å²) in [4.78, 5) is 28.5. The van der Waals surface area contributed by atoms with Crippen LogP contribution < -0.4 is 10.1 Å². The van der Waals surface area contributed by atoms with E-state index in [0.717, 1.165) is 39.9 Å². The lowest BCUT2D eigenvalue weighted by atomic mass is 9.78. The van der Waals surface area contributed by atoms with Crippen LogP contribution in [0.2, 0.25) is 0 Å². The first kappa shape index (κ1) is 26.6. The molecule has 0 aliphatic heterocycles. The molecule has 0 radical (unpaired) electrons. The Labute approximate surface area is 213 Å². The van der Waals surface area contributed by atoms with Crippen LogP contribution in [0.3, 0.4) is 0 Å². The van der Waals surface area contributed by atoms with E-state index in [0.29, 0.717) is 38.8 Å². The molecule has 4 rings (SSSR count). The van der Waals surface area contributed by atoms with E-state index < -0.39 is 30.6 Å². The fraction of sp³-hybridized carbons (Fsp3) is 0.429. The highest BCUT2D eigenvalue weighted by Gasteiger charge is 2.38. The van der Waals surface area contributed by atoms with Crippen molar-refractivity contribution < 1.29 is 32.2 Å². The predicted octanol–water partition coefficient (Wildman–Crippen LogP) is 5.63. The van der Waals surface area contributed by atoms with Gasteiger partial charge in [0.25, 0.3) is 0 Å². The second-order valence-electron chi connectivity index (χ2n) is 9.47. The van der Waals surface area contributed by atoms with Crippen molar-refractivity contribution in [3.05, 3.63) is 65.4 Å². The van der Waals surface area contributed by atoms with Crippen LogP contribution in [-0.2, 0) is 27.4 Å². The average Bonchev–Trinajstić information content (AvgIpc) is 3.20. The Kier molecular flexibility index (Phi) is 8.41. The summed E-state index contributed by atoms with van der Waals surface area (Å²) in [6, 6.07) is 15.7. The minimum absolute atomic E-state index is 0.321. The maximum atomic E-state index is 12.9. The van der Waals surface area contributed by atoms with Crippen molar-refractivity contribution in [2.45, 2.75) is 51.8 Å². The number of hydrogen-bond donors (Lipinski definition) is 2. The van der Waals surface area contributed by atoms with E-state index >= 15 is 0 Å². The first-order chi connectivity index (χ1) is 17.7. The smallest absolute Gasteiger partial charge is 0.422 e. The van der Waals surface area contributed by atoms with Crippen LogP contribution in [0.1, 0.15) is 42.5 Å². The molecule has 6 nitrogen and oxygen atoms in total. The number of fused-ring (bicyclic) bond motifs is 1. The zero-order valence-corrected chi connectivity index (χ0v) is 20.7. The van der Waals surface area contributed by atoms with Gasteiger partial charge in [0.15, 0.2) is 6.61 Å². The van der Waals surface area contributed by atoms with Gasteiger partial charge in [0.05, 0.1) is 11.8 Å². The van der Waals surface area contributed by atoms with Gasteiger partial charge in [0, 0.05) is 23.1 Å². The SMILES string of the molecule is Cc1[nH]c2ccc(OCc3ccccc3)cc2c1CCNC(=O)[C@@H]1CCCC[C@@H]1C(=O)OCC(F)(F)F. The number of rotatable bonds is 9. The fourth-order valence-electron chi connectivity index (χ4n) is 4.94. The summed E-state index contributed by atoms with van der Waals surface area (Å²) in [5.74, 6) is -2.07. The minimum Gasteiger partial charge on any atom is -0.489 e. The minimum atomic E-state index is -4.59. The van der Waals surface area contributed by atoms with Gasteiger partial charge in [-0.25, -0.2) is 0 Å². The number of carbonyl (C=O) groups is 2. The summed E-state index contributed by atoms with van der Waals surface area (Å²) in [6.45, 7) is 1.13. The molecule has 0 unspecified atom stereocenters. The van der Waals surface area contributed by atoms with Gasteiger partial charge in [-0.2, -0.15) is 13.2 Å². The first-order valence-corrected chi connectivity index (χ1v) is 12.5. The third kappa shape index (κ3) is 7.05. The topological polar surface area (TPSA) is 80.4 Å². The molecule has 3 aromatic rings. The molecule has 2 N–H and O–H groups in total. The van der Waals surface area contributed by atoms with Gasteiger partial charge in [-0.1, -0.05) is 43.2 Å². The lowest BCUT2D eigenvalue weighted by Crippen LogP contribution is -2.41. The van der Waals surface area contributed by atoms with Crippen molar-refractivity contribution >= 4 is 22.8 Å². The number of alkyl halides is 3. The Hall–Kier alpha value is -3.49. The highest BCUT2D eigenvalue weighted by atomic mass is 19.4. The van der Waals surface area contributed by atoms with Crippen LogP contribution in [0, 0.1) is 18.8 Å². The summed E-state index contributed by atoms with van der Waals surface area (Å²) in [7, 11) is 0. The van der Waals surface area contributed by atoms with Crippen molar-refractivity contribution in [1.82, 2.24) is 10.3 Å². The zero-order chi connectivity index (χ0) is 26.4. The number of benzene rings is 2. The molecule has 2 atom stereocenters. The van der Waals surface area contributed by atoms with Crippen LogP contribution in [0.4, 0.5) is 13.2 Å². The van der Waals surface area contributed by atoms with Gasteiger partial charge in [0.1, 0.15) is 12.4 Å². The Bertz CT molecular complexity index is 1220. The molecule has 0 bridgehead atoms. The molecular weight excluding hydrogens is 485 g/mol. The Balaban J connectivity index is 1.36. The van der Waals surface area contributed by atoms with Crippen molar-refractivity contribution in [2.75, 3.05) is 13.2 Å². The number of aryl methyl sites for hydroxylation is 1. The number of nitrogens with one attached hydrogen (secondary N) is 2. The molecule has 1 fully saturated rings. The van der Waals surface area contributed by atoms with Gasteiger partial charge in [-0.15, -0.1) is 0 Å². The highest BCUT2D eigenvalue weighted by Crippen LogP contribution is 2.32. The largest absolute Gasteiger partial charge is 0.489 e. The van der Waals surface area contributed by atoms with Gasteiger partial charge < -0.3 is 19.8 Å². The van der Waals surface area contributed by atoms with Crippen molar-refractivity contribution in [3.8, 4) is 5.75 Å². The number of ether oxygens (including phenoxy) is 2. The van der Waals surface area contributed by atoms with Gasteiger partial charge >= 0.3 is 12.1 Å². The number of H-pyrrole nitrogens is 1. The predicted molar refractivity (Wildman–Crippen MR) is 133 cm³/mol. The maximum absolute atomic E-state index is 12.9. The van der Waals surface area contributed by atoms with Crippen LogP contribution in [0.5, 0.6) is 5.75 Å². The Morgan fingerprint density at radius 1 is 1.05 bits per heavy atom. The van der Waals surface area contributed by atoms with E-state index in [4.69, 9.17) is 4.74 Å². The van der Waals surface area contributed by atoms with E-state index in [9.17, 15) is 22.8 Å². The molecule has 1 heterocycles. The number of esters is 1. The second kappa shape index (κ2) is 11.7. The lowest BCUT2D eigenvalue weighted by Gasteiger charge is -2.29.